The molecule has 3 unspecified atom stereocenters. The van der Waals surface area contributed by atoms with Crippen LogP contribution in [0.1, 0.15) is 37.3 Å². The highest BCUT2D eigenvalue weighted by molar-refractivity contribution is 5.85. The molecule has 0 aromatic heterocycles. The number of benzene rings is 1. The molecule has 0 radical (unpaired) electrons. The molecular formula is C17H23NO3. The lowest BCUT2D eigenvalue weighted by Gasteiger charge is -2.20. The van der Waals surface area contributed by atoms with Gasteiger partial charge in [-0.2, -0.15) is 0 Å². The molecule has 4 nitrogen and oxygen atoms in total. The van der Waals surface area contributed by atoms with Gasteiger partial charge in [-0.25, -0.2) is 0 Å². The monoisotopic (exact) mass is 289 g/mol. The molecule has 2 rings (SSSR count). The summed E-state index contributed by atoms with van der Waals surface area (Å²) in [5.74, 6) is -1.85. The lowest BCUT2D eigenvalue weighted by atomic mass is 9.94. The molecule has 1 aromatic carbocycles. The number of carboxylic acids is 1. The van der Waals surface area contributed by atoms with E-state index in [2.05, 4.69) is 24.4 Å². The fraction of sp³-hybridized carbons (Fsp3) is 0.529. The molecule has 0 saturated heterocycles. The van der Waals surface area contributed by atoms with E-state index in [-0.39, 0.29) is 17.9 Å². The van der Waals surface area contributed by atoms with Crippen LogP contribution in [0.25, 0.3) is 0 Å². The number of hydrogen-bond acceptors (Lipinski definition) is 2. The number of rotatable bonds is 5. The van der Waals surface area contributed by atoms with Gasteiger partial charge in [-0.3, -0.25) is 9.59 Å². The van der Waals surface area contributed by atoms with Gasteiger partial charge in [-0.15, -0.1) is 0 Å². The van der Waals surface area contributed by atoms with E-state index >= 15 is 0 Å². The lowest BCUT2D eigenvalue weighted by molar-refractivity contribution is -0.146. The maximum absolute atomic E-state index is 12.3. The first kappa shape index (κ1) is 15.5. The van der Waals surface area contributed by atoms with Crippen molar-refractivity contribution >= 4 is 11.9 Å². The molecule has 0 heterocycles. The fourth-order valence-corrected chi connectivity index (χ4v) is 3.14. The van der Waals surface area contributed by atoms with Crippen molar-refractivity contribution in [2.45, 2.75) is 45.6 Å². The Hall–Kier alpha value is -1.84. The maximum Gasteiger partial charge on any atom is 0.307 e. The summed E-state index contributed by atoms with van der Waals surface area (Å²) in [4.78, 5) is 23.4. The third-order valence-electron chi connectivity index (χ3n) is 4.35. The highest BCUT2D eigenvalue weighted by atomic mass is 16.4. The van der Waals surface area contributed by atoms with Crippen molar-refractivity contribution < 1.29 is 14.7 Å². The molecule has 1 fully saturated rings. The summed E-state index contributed by atoms with van der Waals surface area (Å²) in [6.07, 6.45) is 2.88. The second-order valence-corrected chi connectivity index (χ2v) is 6.02. The Bertz CT molecular complexity index is 527. The first-order chi connectivity index (χ1) is 9.99. The normalized spacial score (nSPS) is 22.8. The molecule has 1 aliphatic rings. The van der Waals surface area contributed by atoms with E-state index in [0.717, 1.165) is 12.8 Å². The molecule has 1 amide bonds. The average Bonchev–Trinajstić information content (AvgIpc) is 2.91. The number of carboxylic acid groups (broad SMARTS) is 1. The highest BCUT2D eigenvalue weighted by Crippen LogP contribution is 2.32. The Labute approximate surface area is 125 Å². The van der Waals surface area contributed by atoms with E-state index in [4.69, 9.17) is 5.11 Å². The van der Waals surface area contributed by atoms with Gasteiger partial charge in [0.25, 0.3) is 0 Å². The number of nitrogens with one attached hydrogen (secondary N) is 1. The van der Waals surface area contributed by atoms with Crippen molar-refractivity contribution in [1.29, 1.82) is 0 Å². The minimum Gasteiger partial charge on any atom is -0.481 e. The molecule has 21 heavy (non-hydrogen) atoms. The third kappa shape index (κ3) is 3.84. The Morgan fingerprint density at radius 3 is 2.62 bits per heavy atom. The summed E-state index contributed by atoms with van der Waals surface area (Å²) in [7, 11) is 0. The van der Waals surface area contributed by atoms with E-state index in [1.165, 1.54) is 11.1 Å². The van der Waals surface area contributed by atoms with Crippen LogP contribution in [0.5, 0.6) is 0 Å². The molecule has 3 atom stereocenters. The lowest BCUT2D eigenvalue weighted by Crippen LogP contribution is -2.41. The zero-order valence-electron chi connectivity index (χ0n) is 12.6. The molecule has 1 aliphatic carbocycles. The summed E-state index contributed by atoms with van der Waals surface area (Å²) in [6, 6.07) is 8.12. The number of aliphatic carboxylic acids is 1. The zero-order chi connectivity index (χ0) is 15.4. The van der Waals surface area contributed by atoms with Crippen LogP contribution in [0.15, 0.2) is 24.3 Å². The minimum atomic E-state index is -0.848. The van der Waals surface area contributed by atoms with Crippen LogP contribution in [0.2, 0.25) is 0 Å². The van der Waals surface area contributed by atoms with Crippen LogP contribution in [-0.4, -0.2) is 23.0 Å². The van der Waals surface area contributed by atoms with Crippen LogP contribution in [0, 0.1) is 18.8 Å². The molecule has 0 spiro atoms. The Kier molecular flexibility index (Phi) is 4.99. The molecule has 1 aromatic rings. The van der Waals surface area contributed by atoms with Crippen molar-refractivity contribution in [3.63, 3.8) is 0 Å². The molecule has 0 aliphatic heterocycles. The Balaban J connectivity index is 1.93. The zero-order valence-corrected chi connectivity index (χ0v) is 12.6. The SMILES string of the molecule is Cc1ccccc1CC(C)NC(=O)C1CCCC1C(=O)O. The van der Waals surface area contributed by atoms with E-state index in [1.807, 2.05) is 19.1 Å². The van der Waals surface area contributed by atoms with Crippen molar-refractivity contribution in [2.24, 2.45) is 11.8 Å². The van der Waals surface area contributed by atoms with Gasteiger partial charge in [0.1, 0.15) is 0 Å². The van der Waals surface area contributed by atoms with Crippen molar-refractivity contribution in [1.82, 2.24) is 5.32 Å². The van der Waals surface area contributed by atoms with Crippen molar-refractivity contribution in [3.05, 3.63) is 35.4 Å². The molecule has 114 valence electrons. The van der Waals surface area contributed by atoms with Gasteiger partial charge in [0.2, 0.25) is 5.91 Å². The topological polar surface area (TPSA) is 66.4 Å². The van der Waals surface area contributed by atoms with Crippen LogP contribution in [0.4, 0.5) is 0 Å². The number of carbonyl (C=O) groups is 2. The average molecular weight is 289 g/mol. The number of carbonyl (C=O) groups excluding carboxylic acids is 1. The number of aryl methyl sites for hydroxylation is 1. The molecule has 4 heteroatoms. The standard InChI is InChI=1S/C17H23NO3/c1-11-6-3-4-7-13(11)10-12(2)18-16(19)14-8-5-9-15(14)17(20)21/h3-4,6-7,12,14-15H,5,8-10H2,1-2H3,(H,18,19)(H,20,21). The first-order valence-electron chi connectivity index (χ1n) is 7.56. The second-order valence-electron chi connectivity index (χ2n) is 6.02. The molecule has 2 N–H and O–H groups in total. The summed E-state index contributed by atoms with van der Waals surface area (Å²) in [5.41, 5.74) is 2.43. The summed E-state index contributed by atoms with van der Waals surface area (Å²) < 4.78 is 0. The van der Waals surface area contributed by atoms with Crippen LogP contribution in [-0.2, 0) is 16.0 Å². The van der Waals surface area contributed by atoms with Crippen molar-refractivity contribution in [2.75, 3.05) is 0 Å². The second kappa shape index (κ2) is 6.74. The van der Waals surface area contributed by atoms with Gasteiger partial charge < -0.3 is 10.4 Å². The van der Waals surface area contributed by atoms with E-state index in [1.54, 1.807) is 0 Å². The molecule has 1 saturated carbocycles. The summed E-state index contributed by atoms with van der Waals surface area (Å²) in [6.45, 7) is 4.02. The first-order valence-corrected chi connectivity index (χ1v) is 7.56. The van der Waals surface area contributed by atoms with Crippen LogP contribution >= 0.6 is 0 Å². The maximum atomic E-state index is 12.3. The fourth-order valence-electron chi connectivity index (χ4n) is 3.14. The predicted octanol–water partition coefficient (Wildman–Crippen LogP) is 2.54. The van der Waals surface area contributed by atoms with Gasteiger partial charge >= 0.3 is 5.97 Å². The van der Waals surface area contributed by atoms with E-state index < -0.39 is 11.9 Å². The largest absolute Gasteiger partial charge is 0.481 e. The Morgan fingerprint density at radius 2 is 1.95 bits per heavy atom. The summed E-state index contributed by atoms with van der Waals surface area (Å²) in [5, 5.41) is 12.1. The molecule has 0 bridgehead atoms. The van der Waals surface area contributed by atoms with Crippen molar-refractivity contribution in [3.8, 4) is 0 Å². The van der Waals surface area contributed by atoms with Gasteiger partial charge in [0, 0.05) is 6.04 Å². The van der Waals surface area contributed by atoms with Gasteiger partial charge in [0.05, 0.1) is 11.8 Å². The third-order valence-corrected chi connectivity index (χ3v) is 4.35. The highest BCUT2D eigenvalue weighted by Gasteiger charge is 2.37. The predicted molar refractivity (Wildman–Crippen MR) is 81.0 cm³/mol. The molecular weight excluding hydrogens is 266 g/mol. The van der Waals surface area contributed by atoms with Gasteiger partial charge in [-0.05, 0) is 44.2 Å². The quantitative estimate of drug-likeness (QED) is 0.875. The summed E-state index contributed by atoms with van der Waals surface area (Å²) >= 11 is 0. The van der Waals surface area contributed by atoms with Gasteiger partial charge in [0.15, 0.2) is 0 Å². The van der Waals surface area contributed by atoms with Crippen LogP contribution in [0.3, 0.4) is 0 Å². The van der Waals surface area contributed by atoms with Crippen LogP contribution < -0.4 is 5.32 Å². The minimum absolute atomic E-state index is 0.00800. The Morgan fingerprint density at radius 1 is 1.29 bits per heavy atom. The smallest absolute Gasteiger partial charge is 0.307 e. The van der Waals surface area contributed by atoms with E-state index in [0.29, 0.717) is 12.8 Å². The number of amides is 1. The number of hydrogen-bond donors (Lipinski definition) is 2. The van der Waals surface area contributed by atoms with Gasteiger partial charge in [-0.1, -0.05) is 30.7 Å². The van der Waals surface area contributed by atoms with E-state index in [9.17, 15) is 9.59 Å².